The number of benzene rings is 2. The number of carboxylic acids is 1. The van der Waals surface area contributed by atoms with Gasteiger partial charge in [-0.25, -0.2) is 9.48 Å². The van der Waals surface area contributed by atoms with E-state index in [1.54, 1.807) is 30.1 Å². The Morgan fingerprint density at radius 3 is 2.36 bits per heavy atom. The van der Waals surface area contributed by atoms with Crippen molar-refractivity contribution in [1.29, 1.82) is 0 Å². The molecule has 6 nitrogen and oxygen atoms in total. The minimum Gasteiger partial charge on any atom is -0.497 e. The predicted octanol–water partition coefficient (Wildman–Crippen LogP) is 2.64. The van der Waals surface area contributed by atoms with Crippen molar-refractivity contribution in [3.8, 4) is 22.7 Å². The molecule has 6 heteroatoms. The van der Waals surface area contributed by atoms with Gasteiger partial charge in [0, 0.05) is 5.56 Å². The fourth-order valence-corrected chi connectivity index (χ4v) is 2.13. The van der Waals surface area contributed by atoms with Crippen LogP contribution in [0.5, 0.6) is 5.75 Å². The Labute approximate surface area is 126 Å². The van der Waals surface area contributed by atoms with Gasteiger partial charge >= 0.3 is 5.97 Å². The molecule has 22 heavy (non-hydrogen) atoms. The normalized spacial score (nSPS) is 10.4. The molecule has 1 N–H and O–H groups in total. The summed E-state index contributed by atoms with van der Waals surface area (Å²) in [5.74, 6) is -0.186. The summed E-state index contributed by atoms with van der Waals surface area (Å²) in [4.78, 5) is 10.9. The standard InChI is InChI=1S/C16H13N3O3/c1-22-14-8-4-11(5-9-14)15-10-17-18-19(15)13-6-2-12(3-7-13)16(20)21/h2-10H,1H3,(H,20,21). The summed E-state index contributed by atoms with van der Waals surface area (Å²) >= 11 is 0. The molecule has 0 bridgehead atoms. The van der Waals surface area contributed by atoms with E-state index >= 15 is 0 Å². The van der Waals surface area contributed by atoms with Gasteiger partial charge in [-0.15, -0.1) is 5.10 Å². The summed E-state index contributed by atoms with van der Waals surface area (Å²) in [6.07, 6.45) is 1.66. The fourth-order valence-electron chi connectivity index (χ4n) is 2.13. The third-order valence-corrected chi connectivity index (χ3v) is 3.29. The van der Waals surface area contributed by atoms with E-state index in [1.807, 2.05) is 24.3 Å². The van der Waals surface area contributed by atoms with Crippen molar-refractivity contribution in [2.75, 3.05) is 7.11 Å². The van der Waals surface area contributed by atoms with Gasteiger partial charge in [0.05, 0.1) is 30.3 Å². The second-order valence-electron chi connectivity index (χ2n) is 4.61. The van der Waals surface area contributed by atoms with Crippen molar-refractivity contribution in [3.05, 3.63) is 60.3 Å². The molecule has 1 aromatic heterocycles. The molecule has 0 radical (unpaired) electrons. The highest BCUT2D eigenvalue weighted by atomic mass is 16.5. The number of aromatic nitrogens is 3. The van der Waals surface area contributed by atoms with Crippen LogP contribution in [0.4, 0.5) is 0 Å². The van der Waals surface area contributed by atoms with Crippen LogP contribution >= 0.6 is 0 Å². The third kappa shape index (κ3) is 2.54. The van der Waals surface area contributed by atoms with Crippen LogP contribution in [0.25, 0.3) is 16.9 Å². The van der Waals surface area contributed by atoms with E-state index in [1.165, 1.54) is 12.1 Å². The Morgan fingerprint density at radius 1 is 1.09 bits per heavy atom. The largest absolute Gasteiger partial charge is 0.497 e. The number of nitrogens with zero attached hydrogens (tertiary/aromatic N) is 3. The zero-order valence-corrected chi connectivity index (χ0v) is 11.8. The number of carbonyl (C=O) groups is 1. The van der Waals surface area contributed by atoms with Crippen LogP contribution in [0.3, 0.4) is 0 Å². The first-order valence-corrected chi connectivity index (χ1v) is 6.58. The molecule has 110 valence electrons. The van der Waals surface area contributed by atoms with Gasteiger partial charge in [-0.2, -0.15) is 0 Å². The Hall–Kier alpha value is -3.15. The van der Waals surface area contributed by atoms with E-state index in [0.29, 0.717) is 0 Å². The molecule has 3 aromatic rings. The van der Waals surface area contributed by atoms with Crippen LogP contribution in [0.2, 0.25) is 0 Å². The van der Waals surface area contributed by atoms with Crippen molar-refractivity contribution < 1.29 is 14.6 Å². The highest BCUT2D eigenvalue weighted by Crippen LogP contribution is 2.23. The van der Waals surface area contributed by atoms with Crippen LogP contribution in [-0.4, -0.2) is 33.2 Å². The van der Waals surface area contributed by atoms with Crippen LogP contribution in [0.1, 0.15) is 10.4 Å². The first-order chi connectivity index (χ1) is 10.7. The van der Waals surface area contributed by atoms with Crippen molar-refractivity contribution in [1.82, 2.24) is 15.0 Å². The Bertz CT molecular complexity index is 792. The van der Waals surface area contributed by atoms with Gasteiger partial charge in [0.2, 0.25) is 0 Å². The van der Waals surface area contributed by atoms with E-state index in [2.05, 4.69) is 10.3 Å². The van der Waals surface area contributed by atoms with Crippen molar-refractivity contribution in [3.63, 3.8) is 0 Å². The molecule has 0 amide bonds. The van der Waals surface area contributed by atoms with Gasteiger partial charge < -0.3 is 9.84 Å². The van der Waals surface area contributed by atoms with Crippen molar-refractivity contribution >= 4 is 5.97 Å². The van der Waals surface area contributed by atoms with Crippen LogP contribution in [-0.2, 0) is 0 Å². The zero-order valence-electron chi connectivity index (χ0n) is 11.8. The van der Waals surface area contributed by atoms with Crippen molar-refractivity contribution in [2.45, 2.75) is 0 Å². The number of methoxy groups -OCH3 is 1. The Kier molecular flexibility index (Phi) is 3.57. The summed E-state index contributed by atoms with van der Waals surface area (Å²) < 4.78 is 6.80. The second kappa shape index (κ2) is 5.69. The Morgan fingerprint density at radius 2 is 1.77 bits per heavy atom. The average molecular weight is 295 g/mol. The monoisotopic (exact) mass is 295 g/mol. The molecule has 0 aliphatic heterocycles. The lowest BCUT2D eigenvalue weighted by Gasteiger charge is -2.07. The maximum absolute atomic E-state index is 10.9. The predicted molar refractivity (Wildman–Crippen MR) is 80.3 cm³/mol. The Balaban J connectivity index is 1.99. The molecule has 0 aliphatic rings. The first kappa shape index (κ1) is 13.8. The van der Waals surface area contributed by atoms with E-state index in [9.17, 15) is 4.79 Å². The van der Waals surface area contributed by atoms with Crippen molar-refractivity contribution in [2.24, 2.45) is 0 Å². The molecule has 2 aromatic carbocycles. The first-order valence-electron chi connectivity index (χ1n) is 6.58. The minimum absolute atomic E-state index is 0.231. The summed E-state index contributed by atoms with van der Waals surface area (Å²) in [5.41, 5.74) is 2.72. The van der Waals surface area contributed by atoms with Gasteiger partial charge in [0.25, 0.3) is 0 Å². The quantitative estimate of drug-likeness (QED) is 0.800. The van der Waals surface area contributed by atoms with Crippen LogP contribution in [0.15, 0.2) is 54.7 Å². The second-order valence-corrected chi connectivity index (χ2v) is 4.61. The average Bonchev–Trinajstić information content (AvgIpc) is 3.04. The van der Waals surface area contributed by atoms with Gasteiger partial charge in [-0.1, -0.05) is 5.21 Å². The molecule has 0 atom stereocenters. The van der Waals surface area contributed by atoms with Gasteiger partial charge in [0.15, 0.2) is 0 Å². The molecule has 0 fully saturated rings. The van der Waals surface area contributed by atoms with E-state index < -0.39 is 5.97 Å². The van der Waals surface area contributed by atoms with Gasteiger partial charge in [-0.05, 0) is 48.5 Å². The van der Waals surface area contributed by atoms with Crippen LogP contribution < -0.4 is 4.74 Å². The number of rotatable bonds is 4. The highest BCUT2D eigenvalue weighted by Gasteiger charge is 2.10. The zero-order chi connectivity index (χ0) is 15.5. The molecular formula is C16H13N3O3. The molecular weight excluding hydrogens is 282 g/mol. The summed E-state index contributed by atoms with van der Waals surface area (Å²) in [7, 11) is 1.62. The number of hydrogen-bond donors (Lipinski definition) is 1. The number of hydrogen-bond acceptors (Lipinski definition) is 4. The minimum atomic E-state index is -0.958. The lowest BCUT2D eigenvalue weighted by Crippen LogP contribution is -2.01. The molecule has 0 unspecified atom stereocenters. The topological polar surface area (TPSA) is 77.2 Å². The van der Waals surface area contributed by atoms with E-state index in [0.717, 1.165) is 22.7 Å². The maximum Gasteiger partial charge on any atom is 0.335 e. The molecule has 3 rings (SSSR count). The summed E-state index contributed by atoms with van der Waals surface area (Å²) in [6, 6.07) is 14.0. The molecule has 0 aliphatic carbocycles. The highest BCUT2D eigenvalue weighted by molar-refractivity contribution is 5.87. The SMILES string of the molecule is COc1ccc(-c2cnnn2-c2ccc(C(=O)O)cc2)cc1. The molecule has 1 heterocycles. The van der Waals surface area contributed by atoms with Gasteiger partial charge in [-0.3, -0.25) is 0 Å². The van der Waals surface area contributed by atoms with Gasteiger partial charge in [0.1, 0.15) is 5.75 Å². The number of ether oxygens (including phenoxy) is 1. The maximum atomic E-state index is 10.9. The molecule has 0 spiro atoms. The smallest absolute Gasteiger partial charge is 0.335 e. The lowest BCUT2D eigenvalue weighted by atomic mass is 10.1. The fraction of sp³-hybridized carbons (Fsp3) is 0.0625. The molecule has 0 saturated heterocycles. The number of aromatic carboxylic acids is 1. The molecule has 0 saturated carbocycles. The number of carboxylic acid groups (broad SMARTS) is 1. The summed E-state index contributed by atoms with van der Waals surface area (Å²) in [5, 5.41) is 16.9. The summed E-state index contributed by atoms with van der Waals surface area (Å²) in [6.45, 7) is 0. The third-order valence-electron chi connectivity index (χ3n) is 3.29. The van der Waals surface area contributed by atoms with E-state index in [4.69, 9.17) is 9.84 Å². The van der Waals surface area contributed by atoms with E-state index in [-0.39, 0.29) is 5.56 Å². The lowest BCUT2D eigenvalue weighted by molar-refractivity contribution is 0.0697. The van der Waals surface area contributed by atoms with Crippen LogP contribution in [0, 0.1) is 0 Å².